The number of amides is 1. The van der Waals surface area contributed by atoms with E-state index in [2.05, 4.69) is 5.32 Å². The van der Waals surface area contributed by atoms with Crippen LogP contribution in [0.5, 0.6) is 17.2 Å². The minimum Gasteiger partial charge on any atom is -0.497 e. The predicted molar refractivity (Wildman–Crippen MR) is 126 cm³/mol. The van der Waals surface area contributed by atoms with Crippen LogP contribution in [0.3, 0.4) is 0 Å². The zero-order valence-corrected chi connectivity index (χ0v) is 18.5. The fourth-order valence-electron chi connectivity index (χ4n) is 3.37. The fourth-order valence-corrected chi connectivity index (χ4v) is 3.37. The zero-order chi connectivity index (χ0) is 23.0. The average molecular weight is 443 g/mol. The molecule has 0 spiro atoms. The number of rotatable bonds is 9. The molecule has 0 radical (unpaired) electrons. The molecule has 0 atom stereocenters. The summed E-state index contributed by atoms with van der Waals surface area (Å²) >= 11 is 0. The molecule has 1 amide bonds. The van der Waals surface area contributed by atoms with Gasteiger partial charge in [-0.05, 0) is 60.2 Å². The van der Waals surface area contributed by atoms with Crippen LogP contribution in [0, 0.1) is 0 Å². The van der Waals surface area contributed by atoms with Crippen molar-refractivity contribution in [2.75, 3.05) is 19.5 Å². The summed E-state index contributed by atoms with van der Waals surface area (Å²) in [5.41, 5.74) is 2.65. The Balaban J connectivity index is 1.36. The van der Waals surface area contributed by atoms with E-state index >= 15 is 0 Å². The highest BCUT2D eigenvalue weighted by atomic mass is 16.5. The second-order valence-electron chi connectivity index (χ2n) is 7.37. The second-order valence-corrected chi connectivity index (χ2v) is 7.37. The van der Waals surface area contributed by atoms with Crippen molar-refractivity contribution in [2.24, 2.45) is 0 Å². The van der Waals surface area contributed by atoms with Gasteiger partial charge in [-0.2, -0.15) is 0 Å². The summed E-state index contributed by atoms with van der Waals surface area (Å²) < 4.78 is 22.3. The van der Waals surface area contributed by atoms with Crippen LogP contribution in [0.4, 0.5) is 5.69 Å². The monoisotopic (exact) mass is 443 g/mol. The number of carbonyl (C=O) groups excluding carboxylic acids is 1. The Kier molecular flexibility index (Phi) is 6.95. The lowest BCUT2D eigenvalue weighted by Crippen LogP contribution is -2.10. The molecule has 0 fully saturated rings. The van der Waals surface area contributed by atoms with Crippen molar-refractivity contribution in [2.45, 2.75) is 13.0 Å². The number of anilines is 1. The minimum atomic E-state index is -0.322. The number of furan rings is 1. The number of benzene rings is 3. The van der Waals surface area contributed by atoms with E-state index < -0.39 is 0 Å². The second kappa shape index (κ2) is 10.4. The normalized spacial score (nSPS) is 10.5. The molecule has 1 aromatic heterocycles. The van der Waals surface area contributed by atoms with E-state index in [1.807, 2.05) is 60.7 Å². The summed E-state index contributed by atoms with van der Waals surface area (Å²) in [5, 5.41) is 2.84. The van der Waals surface area contributed by atoms with Crippen LogP contribution in [0.2, 0.25) is 0 Å². The van der Waals surface area contributed by atoms with Gasteiger partial charge in [0, 0.05) is 17.7 Å². The molecule has 0 aliphatic heterocycles. The summed E-state index contributed by atoms with van der Waals surface area (Å²) in [6.07, 6.45) is 0.473. The largest absolute Gasteiger partial charge is 0.497 e. The molecule has 0 unspecified atom stereocenters. The number of carbonyl (C=O) groups is 1. The molecule has 0 aliphatic carbocycles. The van der Waals surface area contributed by atoms with Crippen LogP contribution >= 0.6 is 0 Å². The SMILES string of the molecule is COc1ccc(OC)c(Cc2ccc(C(=O)Nc3ccc(OCc4ccccc4)cc3)o2)c1. The van der Waals surface area contributed by atoms with Gasteiger partial charge < -0.3 is 23.9 Å². The molecule has 1 N–H and O–H groups in total. The number of methoxy groups -OCH3 is 2. The van der Waals surface area contributed by atoms with E-state index in [0.29, 0.717) is 24.5 Å². The van der Waals surface area contributed by atoms with Gasteiger partial charge in [0.05, 0.1) is 14.2 Å². The van der Waals surface area contributed by atoms with Crippen LogP contribution in [-0.2, 0) is 13.0 Å². The van der Waals surface area contributed by atoms with Gasteiger partial charge in [-0.25, -0.2) is 0 Å². The van der Waals surface area contributed by atoms with E-state index in [4.69, 9.17) is 18.6 Å². The highest BCUT2D eigenvalue weighted by Gasteiger charge is 2.14. The maximum absolute atomic E-state index is 12.6. The van der Waals surface area contributed by atoms with Gasteiger partial charge in [0.25, 0.3) is 5.91 Å². The molecule has 168 valence electrons. The topological polar surface area (TPSA) is 69.9 Å². The Morgan fingerprint density at radius 1 is 0.848 bits per heavy atom. The van der Waals surface area contributed by atoms with Gasteiger partial charge in [0.15, 0.2) is 5.76 Å². The Bertz CT molecular complexity index is 1200. The van der Waals surface area contributed by atoms with Crippen molar-refractivity contribution in [1.82, 2.24) is 0 Å². The van der Waals surface area contributed by atoms with E-state index in [1.165, 1.54) is 0 Å². The van der Waals surface area contributed by atoms with E-state index in [9.17, 15) is 4.79 Å². The van der Waals surface area contributed by atoms with Gasteiger partial charge in [-0.3, -0.25) is 4.79 Å². The first kappa shape index (κ1) is 22.0. The third kappa shape index (κ3) is 5.74. The van der Waals surface area contributed by atoms with Gasteiger partial charge in [-0.15, -0.1) is 0 Å². The zero-order valence-electron chi connectivity index (χ0n) is 18.5. The molecule has 4 aromatic rings. The predicted octanol–water partition coefficient (Wildman–Crippen LogP) is 5.72. The molecule has 6 heteroatoms. The van der Waals surface area contributed by atoms with Crippen molar-refractivity contribution in [3.8, 4) is 17.2 Å². The molecule has 3 aromatic carbocycles. The molecule has 1 heterocycles. The van der Waals surface area contributed by atoms with Crippen LogP contribution in [0.15, 0.2) is 89.3 Å². The Morgan fingerprint density at radius 3 is 2.33 bits per heavy atom. The van der Waals surface area contributed by atoms with Gasteiger partial charge in [0.1, 0.15) is 29.6 Å². The fraction of sp³-hybridized carbons (Fsp3) is 0.148. The molecular formula is C27H25NO5. The molecule has 0 aliphatic rings. The van der Waals surface area contributed by atoms with Crippen molar-refractivity contribution >= 4 is 11.6 Å². The molecule has 4 rings (SSSR count). The summed E-state index contributed by atoms with van der Waals surface area (Å²) in [5.74, 6) is 2.74. The first-order valence-corrected chi connectivity index (χ1v) is 10.5. The number of ether oxygens (including phenoxy) is 3. The standard InChI is InChI=1S/C27H25NO5/c1-30-23-12-14-25(31-2)20(16-23)17-24-13-15-26(33-24)27(29)28-21-8-10-22(11-9-21)32-18-19-6-4-3-5-7-19/h3-16H,17-18H2,1-2H3,(H,28,29). The van der Waals surface area contributed by atoms with Gasteiger partial charge in [-0.1, -0.05) is 30.3 Å². The minimum absolute atomic E-state index is 0.233. The number of hydrogen-bond acceptors (Lipinski definition) is 5. The van der Waals surface area contributed by atoms with E-state index in [0.717, 1.165) is 28.4 Å². The Hall–Kier alpha value is -4.19. The van der Waals surface area contributed by atoms with Crippen LogP contribution in [0.25, 0.3) is 0 Å². The van der Waals surface area contributed by atoms with Crippen molar-refractivity contribution in [3.63, 3.8) is 0 Å². The Labute approximate surface area is 192 Å². The maximum Gasteiger partial charge on any atom is 0.291 e. The third-order valence-corrected chi connectivity index (χ3v) is 5.10. The van der Waals surface area contributed by atoms with Crippen molar-refractivity contribution in [1.29, 1.82) is 0 Å². The molecule has 0 saturated carbocycles. The first-order chi connectivity index (χ1) is 16.1. The third-order valence-electron chi connectivity index (χ3n) is 5.10. The maximum atomic E-state index is 12.6. The molecule has 6 nitrogen and oxygen atoms in total. The van der Waals surface area contributed by atoms with Crippen LogP contribution < -0.4 is 19.5 Å². The van der Waals surface area contributed by atoms with E-state index in [-0.39, 0.29) is 11.7 Å². The van der Waals surface area contributed by atoms with E-state index in [1.54, 1.807) is 38.5 Å². The van der Waals surface area contributed by atoms with Gasteiger partial charge >= 0.3 is 0 Å². The lowest BCUT2D eigenvalue weighted by atomic mass is 10.1. The molecular weight excluding hydrogens is 418 g/mol. The summed E-state index contributed by atoms with van der Waals surface area (Å²) in [6.45, 7) is 0.486. The first-order valence-electron chi connectivity index (χ1n) is 10.5. The van der Waals surface area contributed by atoms with Crippen LogP contribution in [0.1, 0.15) is 27.4 Å². The summed E-state index contributed by atoms with van der Waals surface area (Å²) in [4.78, 5) is 12.6. The Morgan fingerprint density at radius 2 is 1.61 bits per heavy atom. The lowest BCUT2D eigenvalue weighted by molar-refractivity contribution is 0.0995. The summed E-state index contributed by atoms with van der Waals surface area (Å²) in [6, 6.07) is 26.2. The molecule has 33 heavy (non-hydrogen) atoms. The highest BCUT2D eigenvalue weighted by Crippen LogP contribution is 2.27. The summed E-state index contributed by atoms with van der Waals surface area (Å²) in [7, 11) is 3.23. The quantitative estimate of drug-likeness (QED) is 0.358. The molecule has 0 bridgehead atoms. The van der Waals surface area contributed by atoms with Crippen molar-refractivity contribution < 1.29 is 23.4 Å². The van der Waals surface area contributed by atoms with Crippen LogP contribution in [-0.4, -0.2) is 20.1 Å². The smallest absolute Gasteiger partial charge is 0.291 e. The number of nitrogens with one attached hydrogen (secondary N) is 1. The highest BCUT2D eigenvalue weighted by molar-refractivity contribution is 6.02. The van der Waals surface area contributed by atoms with Crippen molar-refractivity contribution in [3.05, 3.63) is 108 Å². The number of hydrogen-bond donors (Lipinski definition) is 1. The lowest BCUT2D eigenvalue weighted by Gasteiger charge is -2.09. The molecule has 0 saturated heterocycles. The average Bonchev–Trinajstić information content (AvgIpc) is 3.33. The van der Waals surface area contributed by atoms with Gasteiger partial charge in [0.2, 0.25) is 0 Å².